The molecular weight excluding hydrogens is 368 g/mol. The number of nitrogens with two attached hydrogens (primary N) is 1. The molecule has 2 saturated carbocycles. The topological polar surface area (TPSA) is 115 Å². The molecular formula is C18H19ClN6O2. The Morgan fingerprint density at radius 2 is 1.81 bits per heavy atom. The van der Waals surface area contributed by atoms with Gasteiger partial charge in [-0.05, 0) is 50.0 Å². The molecule has 5 rings (SSSR count). The molecule has 27 heavy (non-hydrogen) atoms. The van der Waals surface area contributed by atoms with Crippen LogP contribution in [0.4, 0.5) is 17.3 Å². The van der Waals surface area contributed by atoms with Crippen molar-refractivity contribution in [3.05, 3.63) is 39.5 Å². The lowest BCUT2D eigenvalue weighted by atomic mass is 9.79. The first kappa shape index (κ1) is 16.6. The smallest absolute Gasteiger partial charge is 0.276 e. The maximum absolute atomic E-state index is 13.3. The van der Waals surface area contributed by atoms with Gasteiger partial charge in [0.1, 0.15) is 35.0 Å². The number of pyridine rings is 1. The average Bonchev–Trinajstić information content (AvgIpc) is 3.33. The van der Waals surface area contributed by atoms with Crippen LogP contribution in [0.1, 0.15) is 49.0 Å². The summed E-state index contributed by atoms with van der Waals surface area (Å²) in [5.74, 6) is 0.389. The van der Waals surface area contributed by atoms with Crippen molar-refractivity contribution in [2.45, 2.75) is 44.2 Å². The zero-order valence-electron chi connectivity index (χ0n) is 14.6. The minimum absolute atomic E-state index is 0.236. The van der Waals surface area contributed by atoms with E-state index < -0.39 is 5.66 Å². The van der Waals surface area contributed by atoms with Crippen molar-refractivity contribution in [1.29, 1.82) is 0 Å². The van der Waals surface area contributed by atoms with Crippen molar-refractivity contribution in [2.24, 2.45) is 5.41 Å². The Balaban J connectivity index is 1.59. The molecule has 2 aliphatic carbocycles. The number of aromatic nitrogens is 3. The number of rotatable bonds is 2. The molecule has 0 bridgehead atoms. The molecule has 1 amide bonds. The van der Waals surface area contributed by atoms with Crippen molar-refractivity contribution in [1.82, 2.24) is 19.9 Å². The van der Waals surface area contributed by atoms with Crippen LogP contribution in [0.15, 0.2) is 23.3 Å². The fraction of sp³-hybridized carbons (Fsp3) is 0.444. The van der Waals surface area contributed by atoms with Gasteiger partial charge in [0, 0.05) is 6.07 Å². The lowest BCUT2D eigenvalue weighted by Gasteiger charge is -2.38. The molecule has 0 atom stereocenters. The largest absolute Gasteiger partial charge is 0.384 e. The maximum Gasteiger partial charge on any atom is 0.276 e. The number of carbonyl (C=O) groups excluding carboxylic acids is 1. The molecule has 2 aromatic heterocycles. The van der Waals surface area contributed by atoms with Gasteiger partial charge in [-0.2, -0.15) is 0 Å². The first-order valence-corrected chi connectivity index (χ1v) is 9.42. The van der Waals surface area contributed by atoms with Crippen LogP contribution in [-0.4, -0.2) is 20.4 Å². The van der Waals surface area contributed by atoms with Crippen molar-refractivity contribution in [2.75, 3.05) is 11.1 Å². The molecule has 2 aromatic rings. The van der Waals surface area contributed by atoms with Crippen molar-refractivity contribution < 1.29 is 4.79 Å². The third-order valence-electron chi connectivity index (χ3n) is 6.19. The van der Waals surface area contributed by atoms with Gasteiger partial charge < -0.3 is 16.4 Å². The summed E-state index contributed by atoms with van der Waals surface area (Å²) < 4.78 is 1.56. The predicted molar refractivity (Wildman–Crippen MR) is 101 cm³/mol. The number of hydrogen-bond donors (Lipinski definition) is 3. The number of fused-ring (bicyclic) bond motifs is 2. The molecule has 3 aliphatic rings. The first-order chi connectivity index (χ1) is 12.9. The van der Waals surface area contributed by atoms with Gasteiger partial charge in [-0.1, -0.05) is 11.6 Å². The van der Waals surface area contributed by atoms with Crippen LogP contribution in [0.25, 0.3) is 0 Å². The van der Waals surface area contributed by atoms with E-state index in [1.54, 1.807) is 4.57 Å². The number of nitrogens with one attached hydrogen (secondary N) is 2. The Labute approximate surface area is 160 Å². The first-order valence-electron chi connectivity index (χ1n) is 9.05. The minimum atomic E-state index is -0.691. The average molecular weight is 387 g/mol. The van der Waals surface area contributed by atoms with E-state index in [0.29, 0.717) is 11.2 Å². The second-order valence-corrected chi connectivity index (χ2v) is 8.24. The fourth-order valence-electron chi connectivity index (χ4n) is 4.42. The highest BCUT2D eigenvalue weighted by atomic mass is 35.5. The van der Waals surface area contributed by atoms with Gasteiger partial charge in [0.05, 0.1) is 5.02 Å². The van der Waals surface area contributed by atoms with Crippen LogP contribution in [0.3, 0.4) is 0 Å². The normalized spacial score (nSPS) is 21.1. The Kier molecular flexibility index (Phi) is 3.34. The molecule has 3 heterocycles. The molecule has 2 fully saturated rings. The number of halogens is 1. The molecule has 1 aliphatic heterocycles. The van der Waals surface area contributed by atoms with Crippen LogP contribution in [0, 0.1) is 5.41 Å². The van der Waals surface area contributed by atoms with Gasteiger partial charge in [0.25, 0.3) is 11.5 Å². The molecule has 0 saturated heterocycles. The molecule has 140 valence electrons. The van der Waals surface area contributed by atoms with Gasteiger partial charge in [-0.25, -0.2) is 9.97 Å². The SMILES string of the molecule is Nc1cc(Nc2cc(Cl)c3n(c2=O)C2(CCC4(CC4)CC2)NC3=O)ncn1. The summed E-state index contributed by atoms with van der Waals surface area (Å²) >= 11 is 6.39. The van der Waals surface area contributed by atoms with Gasteiger partial charge in [0.2, 0.25) is 0 Å². The number of hydrogen-bond acceptors (Lipinski definition) is 6. The van der Waals surface area contributed by atoms with E-state index in [2.05, 4.69) is 20.6 Å². The molecule has 8 nitrogen and oxygen atoms in total. The third-order valence-corrected chi connectivity index (χ3v) is 6.48. The summed E-state index contributed by atoms with van der Waals surface area (Å²) in [4.78, 5) is 33.8. The van der Waals surface area contributed by atoms with E-state index in [9.17, 15) is 9.59 Å². The number of nitrogen functional groups attached to an aromatic ring is 1. The quantitative estimate of drug-likeness (QED) is 0.729. The van der Waals surface area contributed by atoms with Crippen molar-refractivity contribution >= 4 is 34.8 Å². The highest BCUT2D eigenvalue weighted by Crippen LogP contribution is 2.59. The second-order valence-electron chi connectivity index (χ2n) is 7.83. The van der Waals surface area contributed by atoms with Crippen LogP contribution < -0.4 is 21.9 Å². The lowest BCUT2D eigenvalue weighted by Crippen LogP contribution is -2.50. The van der Waals surface area contributed by atoms with Gasteiger partial charge >= 0.3 is 0 Å². The van der Waals surface area contributed by atoms with Crippen LogP contribution in [0.2, 0.25) is 5.02 Å². The summed E-state index contributed by atoms with van der Waals surface area (Å²) in [6.07, 6.45) is 7.31. The zero-order chi connectivity index (χ0) is 18.8. The van der Waals surface area contributed by atoms with Crippen LogP contribution >= 0.6 is 11.6 Å². The van der Waals surface area contributed by atoms with Crippen LogP contribution in [0.5, 0.6) is 0 Å². The zero-order valence-corrected chi connectivity index (χ0v) is 15.3. The predicted octanol–water partition coefficient (Wildman–Crippen LogP) is 2.37. The molecule has 0 radical (unpaired) electrons. The number of carbonyl (C=O) groups is 1. The number of amides is 1. The third kappa shape index (κ3) is 2.50. The van der Waals surface area contributed by atoms with Gasteiger partial charge in [-0.3, -0.25) is 14.2 Å². The Hall–Kier alpha value is -2.61. The summed E-state index contributed by atoms with van der Waals surface area (Å²) in [5.41, 5.74) is 5.61. The summed E-state index contributed by atoms with van der Waals surface area (Å²) in [7, 11) is 0. The minimum Gasteiger partial charge on any atom is -0.384 e. The summed E-state index contributed by atoms with van der Waals surface area (Å²) in [6, 6.07) is 3.00. The van der Waals surface area contributed by atoms with E-state index in [4.69, 9.17) is 17.3 Å². The maximum atomic E-state index is 13.3. The highest BCUT2D eigenvalue weighted by Gasteiger charge is 2.54. The van der Waals surface area contributed by atoms with E-state index >= 15 is 0 Å². The van der Waals surface area contributed by atoms with E-state index in [-0.39, 0.29) is 33.7 Å². The molecule has 4 N–H and O–H groups in total. The summed E-state index contributed by atoms with van der Waals surface area (Å²) in [5, 5.41) is 6.25. The summed E-state index contributed by atoms with van der Waals surface area (Å²) in [6.45, 7) is 0. The Morgan fingerprint density at radius 1 is 1.11 bits per heavy atom. The Morgan fingerprint density at radius 3 is 2.48 bits per heavy atom. The number of nitrogens with zero attached hydrogens (tertiary/aromatic N) is 3. The van der Waals surface area contributed by atoms with Crippen LogP contribution in [-0.2, 0) is 5.66 Å². The number of anilines is 3. The second kappa shape index (κ2) is 5.45. The lowest BCUT2D eigenvalue weighted by molar-refractivity contribution is 0.0822. The van der Waals surface area contributed by atoms with E-state index in [1.807, 2.05) is 0 Å². The van der Waals surface area contributed by atoms with Gasteiger partial charge in [-0.15, -0.1) is 0 Å². The van der Waals surface area contributed by atoms with E-state index in [0.717, 1.165) is 25.7 Å². The monoisotopic (exact) mass is 386 g/mol. The highest BCUT2D eigenvalue weighted by molar-refractivity contribution is 6.34. The van der Waals surface area contributed by atoms with E-state index in [1.165, 1.54) is 31.3 Å². The molecule has 2 spiro atoms. The Bertz CT molecular complexity index is 1020. The standard InChI is InChI=1S/C18H19ClN6O2/c19-10-7-11(23-13-8-12(20)21-9-22-13)16(27)25-14(10)15(26)24-18(25)5-3-17(1-2-17)4-6-18/h7-9H,1-6H2,(H,24,26)(H3,20,21,22,23). The van der Waals surface area contributed by atoms with Crippen molar-refractivity contribution in [3.63, 3.8) is 0 Å². The van der Waals surface area contributed by atoms with Gasteiger partial charge in [0.15, 0.2) is 0 Å². The fourth-order valence-corrected chi connectivity index (χ4v) is 4.70. The molecule has 0 unspecified atom stereocenters. The molecule has 0 aromatic carbocycles. The molecule has 9 heteroatoms. The van der Waals surface area contributed by atoms with Crippen molar-refractivity contribution in [3.8, 4) is 0 Å².